The van der Waals surface area contributed by atoms with Crippen LogP contribution in [-0.2, 0) is 14.6 Å². The molecule has 0 atom stereocenters. The van der Waals surface area contributed by atoms with Gasteiger partial charge in [0.05, 0.1) is 30.3 Å². The minimum Gasteiger partial charge on any atom is -0.389 e. The summed E-state index contributed by atoms with van der Waals surface area (Å²) in [5, 5.41) is 0. The van der Waals surface area contributed by atoms with Crippen molar-refractivity contribution in [3.63, 3.8) is 0 Å². The second kappa shape index (κ2) is 7.19. The lowest BCUT2D eigenvalue weighted by atomic mass is 10.2. The van der Waals surface area contributed by atoms with Gasteiger partial charge in [0, 0.05) is 5.56 Å². The zero-order valence-electron chi connectivity index (χ0n) is 10.9. The van der Waals surface area contributed by atoms with Crippen LogP contribution in [0.5, 0.6) is 0 Å². The molecule has 0 radical (unpaired) electrons. The zero-order valence-corrected chi connectivity index (χ0v) is 12.5. The van der Waals surface area contributed by atoms with Gasteiger partial charge >= 0.3 is 6.18 Å². The third kappa shape index (κ3) is 6.40. The zero-order chi connectivity index (χ0) is 16.1. The highest BCUT2D eigenvalue weighted by atomic mass is 32.2. The highest BCUT2D eigenvalue weighted by molar-refractivity contribution is 7.91. The van der Waals surface area contributed by atoms with Crippen LogP contribution in [0.25, 0.3) is 0 Å². The monoisotopic (exact) mass is 341 g/mol. The van der Waals surface area contributed by atoms with Gasteiger partial charge in [0.2, 0.25) is 0 Å². The lowest BCUT2D eigenvalue weighted by Gasteiger charge is -2.08. The molecule has 0 saturated heterocycles. The van der Waals surface area contributed by atoms with Crippen LogP contribution < -0.4 is 5.73 Å². The molecule has 0 spiro atoms. The first-order chi connectivity index (χ1) is 9.62. The molecular formula is C12H14F3NO3S2. The lowest BCUT2D eigenvalue weighted by Crippen LogP contribution is -2.17. The van der Waals surface area contributed by atoms with E-state index in [2.05, 4.69) is 0 Å². The Balaban J connectivity index is 2.58. The minimum atomic E-state index is -4.32. The molecule has 1 aromatic carbocycles. The maximum atomic E-state index is 12.0. The maximum Gasteiger partial charge on any atom is 0.391 e. The number of hydrogen-bond acceptors (Lipinski definition) is 4. The van der Waals surface area contributed by atoms with Crippen molar-refractivity contribution in [1.29, 1.82) is 0 Å². The molecule has 1 aromatic rings. The molecule has 1 rings (SSSR count). The molecule has 0 unspecified atom stereocenters. The third-order valence-corrected chi connectivity index (χ3v) is 4.42. The number of sulfone groups is 1. The molecular weight excluding hydrogens is 327 g/mol. The van der Waals surface area contributed by atoms with Crippen LogP contribution in [0, 0.1) is 0 Å². The van der Waals surface area contributed by atoms with Crippen molar-refractivity contribution >= 4 is 27.0 Å². The van der Waals surface area contributed by atoms with Crippen LogP contribution in [0.3, 0.4) is 0 Å². The van der Waals surface area contributed by atoms with E-state index in [1.165, 1.54) is 18.2 Å². The van der Waals surface area contributed by atoms with Crippen LogP contribution in [0.2, 0.25) is 0 Å². The molecule has 4 nitrogen and oxygen atoms in total. The first kappa shape index (κ1) is 17.9. The lowest BCUT2D eigenvalue weighted by molar-refractivity contribution is -0.144. The van der Waals surface area contributed by atoms with Crippen molar-refractivity contribution in [2.45, 2.75) is 17.5 Å². The molecule has 0 fully saturated rings. The van der Waals surface area contributed by atoms with Crippen molar-refractivity contribution in [2.75, 3.05) is 19.0 Å². The van der Waals surface area contributed by atoms with Crippen molar-refractivity contribution in [1.82, 2.24) is 0 Å². The summed E-state index contributed by atoms with van der Waals surface area (Å²) in [6, 6.07) is 5.76. The Hall–Kier alpha value is -1.19. The van der Waals surface area contributed by atoms with Crippen LogP contribution in [0.4, 0.5) is 13.2 Å². The van der Waals surface area contributed by atoms with Gasteiger partial charge in [-0.3, -0.25) is 0 Å². The average Bonchev–Trinajstić information content (AvgIpc) is 2.37. The summed E-state index contributed by atoms with van der Waals surface area (Å²) in [4.78, 5) is 0.0701. The van der Waals surface area contributed by atoms with Gasteiger partial charge in [-0.1, -0.05) is 24.4 Å². The van der Waals surface area contributed by atoms with Gasteiger partial charge < -0.3 is 10.5 Å². The van der Waals surface area contributed by atoms with Gasteiger partial charge in [0.1, 0.15) is 4.99 Å². The van der Waals surface area contributed by atoms with Gasteiger partial charge in [-0.15, -0.1) is 0 Å². The summed E-state index contributed by atoms with van der Waals surface area (Å²) in [6.07, 6.45) is -5.42. The number of alkyl halides is 3. The topological polar surface area (TPSA) is 69.4 Å². The Bertz CT molecular complexity index is 600. The largest absolute Gasteiger partial charge is 0.391 e. The highest BCUT2D eigenvalue weighted by Gasteiger charge is 2.26. The molecule has 0 aliphatic carbocycles. The molecule has 21 heavy (non-hydrogen) atoms. The summed E-state index contributed by atoms with van der Waals surface area (Å²) in [5.41, 5.74) is 5.82. The quantitative estimate of drug-likeness (QED) is 0.607. The number of thiocarbonyl (C=S) groups is 1. The Kier molecular flexibility index (Phi) is 6.11. The summed E-state index contributed by atoms with van der Waals surface area (Å²) in [6.45, 7) is -0.873. The fraction of sp³-hybridized carbons (Fsp3) is 0.417. The number of ether oxygens (including phenoxy) is 1. The van der Waals surface area contributed by atoms with E-state index in [0.717, 1.165) is 0 Å². The van der Waals surface area contributed by atoms with Crippen molar-refractivity contribution < 1.29 is 26.3 Å². The SMILES string of the molecule is NC(=S)c1cccc(S(=O)(=O)CCOCCC(F)(F)F)c1. The molecule has 0 aliphatic rings. The van der Waals surface area contributed by atoms with E-state index in [-0.39, 0.29) is 16.5 Å². The Morgan fingerprint density at radius 3 is 2.52 bits per heavy atom. The summed E-state index contributed by atoms with van der Waals surface area (Å²) < 4.78 is 64.3. The maximum absolute atomic E-state index is 12.0. The van der Waals surface area contributed by atoms with E-state index in [1.54, 1.807) is 6.07 Å². The first-order valence-electron chi connectivity index (χ1n) is 5.89. The first-order valence-corrected chi connectivity index (χ1v) is 7.95. The van der Waals surface area contributed by atoms with Gasteiger partial charge in [0.25, 0.3) is 0 Å². The molecule has 118 valence electrons. The fourth-order valence-corrected chi connectivity index (χ4v) is 2.71. The van der Waals surface area contributed by atoms with Crippen molar-refractivity contribution in [3.05, 3.63) is 29.8 Å². The Morgan fingerprint density at radius 2 is 1.95 bits per heavy atom. The minimum absolute atomic E-state index is 0.00669. The van der Waals surface area contributed by atoms with Crippen LogP contribution in [0.15, 0.2) is 29.2 Å². The predicted molar refractivity (Wildman–Crippen MR) is 75.9 cm³/mol. The predicted octanol–water partition coefficient (Wildman–Crippen LogP) is 2.06. The Labute approximate surface area is 126 Å². The molecule has 0 amide bonds. The number of halogens is 3. The second-order valence-electron chi connectivity index (χ2n) is 4.19. The van der Waals surface area contributed by atoms with Crippen LogP contribution in [0.1, 0.15) is 12.0 Å². The molecule has 0 saturated carbocycles. The summed E-state index contributed by atoms with van der Waals surface area (Å²) >= 11 is 4.75. The van der Waals surface area contributed by atoms with E-state index in [0.29, 0.717) is 5.56 Å². The molecule has 2 N–H and O–H groups in total. The number of benzene rings is 1. The summed E-state index contributed by atoms with van der Waals surface area (Å²) in [5.74, 6) is -0.411. The summed E-state index contributed by atoms with van der Waals surface area (Å²) in [7, 11) is -3.65. The molecule has 0 bridgehead atoms. The smallest absolute Gasteiger partial charge is 0.389 e. The molecule has 9 heteroatoms. The number of hydrogen-bond donors (Lipinski definition) is 1. The highest BCUT2D eigenvalue weighted by Crippen LogP contribution is 2.19. The van der Waals surface area contributed by atoms with Gasteiger partial charge in [-0.25, -0.2) is 8.42 Å². The van der Waals surface area contributed by atoms with Gasteiger partial charge in [0.15, 0.2) is 9.84 Å². The van der Waals surface area contributed by atoms with E-state index in [9.17, 15) is 21.6 Å². The van der Waals surface area contributed by atoms with E-state index in [4.69, 9.17) is 22.7 Å². The van der Waals surface area contributed by atoms with Gasteiger partial charge in [-0.05, 0) is 12.1 Å². The van der Waals surface area contributed by atoms with E-state index < -0.39 is 34.8 Å². The fourth-order valence-electron chi connectivity index (χ4n) is 1.42. The van der Waals surface area contributed by atoms with Crippen molar-refractivity contribution in [2.24, 2.45) is 5.73 Å². The van der Waals surface area contributed by atoms with E-state index >= 15 is 0 Å². The third-order valence-electron chi connectivity index (χ3n) is 2.50. The van der Waals surface area contributed by atoms with Crippen LogP contribution in [-0.4, -0.2) is 38.5 Å². The van der Waals surface area contributed by atoms with E-state index in [1.807, 2.05) is 0 Å². The normalized spacial score (nSPS) is 12.3. The molecule has 0 heterocycles. The molecule has 0 aromatic heterocycles. The van der Waals surface area contributed by atoms with Gasteiger partial charge in [-0.2, -0.15) is 13.2 Å². The number of nitrogens with two attached hydrogens (primary N) is 1. The molecule has 0 aliphatic heterocycles. The average molecular weight is 341 g/mol. The van der Waals surface area contributed by atoms with Crippen LogP contribution >= 0.6 is 12.2 Å². The van der Waals surface area contributed by atoms with Crippen molar-refractivity contribution in [3.8, 4) is 0 Å². The number of rotatable bonds is 7. The Morgan fingerprint density at radius 1 is 1.29 bits per heavy atom. The second-order valence-corrected chi connectivity index (χ2v) is 6.74. The standard InChI is InChI=1S/C12H14F3NO3S2/c13-12(14,15)4-5-19-6-7-21(17,18)10-3-1-2-9(8-10)11(16)20/h1-3,8H,4-7H2,(H2,16,20).